The van der Waals surface area contributed by atoms with E-state index in [1.807, 2.05) is 19.1 Å². The highest BCUT2D eigenvalue weighted by Crippen LogP contribution is 2.30. The third-order valence-electron chi connectivity index (χ3n) is 4.07. The van der Waals surface area contributed by atoms with Gasteiger partial charge < -0.3 is 0 Å². The maximum absolute atomic E-state index is 13.8. The van der Waals surface area contributed by atoms with Crippen molar-refractivity contribution >= 4 is 0 Å². The van der Waals surface area contributed by atoms with Crippen molar-refractivity contribution in [3.8, 4) is 6.07 Å². The first-order chi connectivity index (χ1) is 10.7. The summed E-state index contributed by atoms with van der Waals surface area (Å²) < 4.78 is 13.8. The molecule has 22 heavy (non-hydrogen) atoms. The molecule has 0 radical (unpaired) electrons. The summed E-state index contributed by atoms with van der Waals surface area (Å²) in [4.78, 5) is 6.73. The van der Waals surface area contributed by atoms with Gasteiger partial charge in [0.15, 0.2) is 5.82 Å². The number of nitrogens with one attached hydrogen (secondary N) is 1. The Morgan fingerprint density at radius 1 is 1.45 bits per heavy atom. The molecule has 1 saturated heterocycles. The first kappa shape index (κ1) is 14.7. The van der Waals surface area contributed by atoms with Crippen LogP contribution in [0.4, 0.5) is 4.39 Å². The zero-order chi connectivity index (χ0) is 15.5. The van der Waals surface area contributed by atoms with Gasteiger partial charge in [0.2, 0.25) is 0 Å². The summed E-state index contributed by atoms with van der Waals surface area (Å²) in [5, 5.41) is 16.0. The Labute approximate surface area is 128 Å². The van der Waals surface area contributed by atoms with E-state index < -0.39 is 5.82 Å². The van der Waals surface area contributed by atoms with E-state index in [2.05, 4.69) is 20.1 Å². The van der Waals surface area contributed by atoms with Crippen molar-refractivity contribution in [3.05, 3.63) is 46.8 Å². The van der Waals surface area contributed by atoms with Crippen molar-refractivity contribution in [2.24, 2.45) is 0 Å². The molecule has 6 heteroatoms. The quantitative estimate of drug-likeness (QED) is 0.946. The molecule has 0 saturated carbocycles. The van der Waals surface area contributed by atoms with E-state index in [0.717, 1.165) is 43.0 Å². The molecule has 1 aliphatic rings. The number of aromatic amines is 1. The molecular weight excluding hydrogens is 281 g/mol. The van der Waals surface area contributed by atoms with Crippen molar-refractivity contribution in [1.82, 2.24) is 20.1 Å². The highest BCUT2D eigenvalue weighted by atomic mass is 19.1. The minimum absolute atomic E-state index is 0.0866. The third-order valence-corrected chi connectivity index (χ3v) is 4.07. The second-order valence-corrected chi connectivity index (χ2v) is 5.69. The van der Waals surface area contributed by atoms with Crippen LogP contribution in [-0.4, -0.2) is 26.6 Å². The molecule has 2 heterocycles. The number of piperidine rings is 1. The minimum atomic E-state index is -0.456. The molecular formula is C16H18FN5. The first-order valence-corrected chi connectivity index (χ1v) is 7.49. The lowest BCUT2D eigenvalue weighted by Gasteiger charge is -2.34. The normalized spacial score (nSPS) is 19.0. The molecule has 0 amide bonds. The molecule has 1 fully saturated rings. The molecule has 1 aliphatic heterocycles. The lowest BCUT2D eigenvalue weighted by atomic mass is 10.0. The van der Waals surface area contributed by atoms with Gasteiger partial charge in [-0.3, -0.25) is 10.00 Å². The zero-order valence-electron chi connectivity index (χ0n) is 12.5. The van der Waals surface area contributed by atoms with Crippen LogP contribution >= 0.6 is 0 Å². The van der Waals surface area contributed by atoms with Crippen molar-refractivity contribution in [3.63, 3.8) is 0 Å². The Bertz CT molecular complexity index is 703. The molecule has 2 aromatic rings. The summed E-state index contributed by atoms with van der Waals surface area (Å²) >= 11 is 0. The van der Waals surface area contributed by atoms with Crippen LogP contribution in [0.1, 0.15) is 48.1 Å². The van der Waals surface area contributed by atoms with Gasteiger partial charge in [-0.25, -0.2) is 9.37 Å². The van der Waals surface area contributed by atoms with Gasteiger partial charge in [0.05, 0.1) is 11.6 Å². The maximum atomic E-state index is 13.8. The molecule has 1 aromatic carbocycles. The topological polar surface area (TPSA) is 68.6 Å². The number of aryl methyl sites for hydroxylation is 1. The summed E-state index contributed by atoms with van der Waals surface area (Å²) in [6.07, 6.45) is 3.28. The fourth-order valence-corrected chi connectivity index (χ4v) is 2.96. The predicted molar refractivity (Wildman–Crippen MR) is 79.2 cm³/mol. The largest absolute Gasteiger partial charge is 0.289 e. The van der Waals surface area contributed by atoms with E-state index in [-0.39, 0.29) is 11.6 Å². The molecule has 0 bridgehead atoms. The van der Waals surface area contributed by atoms with Crippen LogP contribution in [0.15, 0.2) is 18.2 Å². The fraction of sp³-hybridized carbons (Fsp3) is 0.438. The highest BCUT2D eigenvalue weighted by molar-refractivity contribution is 5.33. The molecule has 0 spiro atoms. The number of hydrogen-bond donors (Lipinski definition) is 1. The molecule has 0 unspecified atom stereocenters. The summed E-state index contributed by atoms with van der Waals surface area (Å²) in [6.45, 7) is 3.47. The van der Waals surface area contributed by atoms with Gasteiger partial charge in [0.1, 0.15) is 17.7 Å². The van der Waals surface area contributed by atoms with Gasteiger partial charge >= 0.3 is 0 Å². The van der Waals surface area contributed by atoms with Crippen LogP contribution in [0.25, 0.3) is 0 Å². The van der Waals surface area contributed by atoms with Gasteiger partial charge in [-0.2, -0.15) is 10.4 Å². The number of hydrogen-bond acceptors (Lipinski definition) is 4. The van der Waals surface area contributed by atoms with Gasteiger partial charge in [-0.1, -0.05) is 12.5 Å². The fourth-order valence-electron chi connectivity index (χ4n) is 2.96. The Morgan fingerprint density at radius 2 is 2.32 bits per heavy atom. The van der Waals surface area contributed by atoms with E-state index in [1.54, 1.807) is 6.07 Å². The van der Waals surface area contributed by atoms with Crippen molar-refractivity contribution < 1.29 is 4.39 Å². The third kappa shape index (κ3) is 3.00. The molecule has 1 N–H and O–H groups in total. The number of nitriles is 1. The molecule has 1 aromatic heterocycles. The molecule has 5 nitrogen and oxygen atoms in total. The van der Waals surface area contributed by atoms with Crippen LogP contribution in [0.5, 0.6) is 0 Å². The van der Waals surface area contributed by atoms with Crippen LogP contribution in [-0.2, 0) is 6.54 Å². The van der Waals surface area contributed by atoms with Gasteiger partial charge in [0, 0.05) is 6.54 Å². The van der Waals surface area contributed by atoms with Crippen LogP contribution in [0.3, 0.4) is 0 Å². The van der Waals surface area contributed by atoms with E-state index >= 15 is 0 Å². The molecule has 0 aliphatic carbocycles. The summed E-state index contributed by atoms with van der Waals surface area (Å²) in [7, 11) is 0. The monoisotopic (exact) mass is 299 g/mol. The first-order valence-electron chi connectivity index (χ1n) is 7.49. The van der Waals surface area contributed by atoms with Crippen LogP contribution in [0, 0.1) is 24.1 Å². The summed E-state index contributed by atoms with van der Waals surface area (Å²) in [6, 6.07) is 6.83. The highest BCUT2D eigenvalue weighted by Gasteiger charge is 2.27. The number of rotatable bonds is 3. The Balaban J connectivity index is 1.80. The number of aromatic nitrogens is 3. The van der Waals surface area contributed by atoms with Gasteiger partial charge in [-0.05, 0) is 44.0 Å². The zero-order valence-corrected chi connectivity index (χ0v) is 12.5. The molecule has 114 valence electrons. The molecule has 1 atom stereocenters. The SMILES string of the molecule is Cc1nc([C@H]2CCCCN2Cc2ccc(C#N)c(F)c2)n[nH]1. The Hall–Kier alpha value is -2.26. The van der Waals surface area contributed by atoms with E-state index in [9.17, 15) is 4.39 Å². The van der Waals surface area contributed by atoms with Gasteiger partial charge in [-0.15, -0.1) is 0 Å². The standard InChI is InChI=1S/C16H18FN5/c1-11-19-16(21-20-11)15-4-2-3-7-22(15)10-12-5-6-13(9-18)14(17)8-12/h5-6,8,15H,2-4,7,10H2,1H3,(H,19,20,21)/t15-/m1/s1. The average Bonchev–Trinajstić information content (AvgIpc) is 2.94. The maximum Gasteiger partial charge on any atom is 0.167 e. The minimum Gasteiger partial charge on any atom is -0.289 e. The van der Waals surface area contributed by atoms with Crippen LogP contribution in [0.2, 0.25) is 0 Å². The van der Waals surface area contributed by atoms with Crippen molar-refractivity contribution in [1.29, 1.82) is 5.26 Å². The number of H-pyrrole nitrogens is 1. The smallest absolute Gasteiger partial charge is 0.167 e. The number of nitrogens with zero attached hydrogens (tertiary/aromatic N) is 4. The molecule has 3 rings (SSSR count). The Morgan fingerprint density at radius 3 is 3.00 bits per heavy atom. The van der Waals surface area contributed by atoms with E-state index in [4.69, 9.17) is 5.26 Å². The predicted octanol–water partition coefficient (Wildman–Crippen LogP) is 2.85. The van der Waals surface area contributed by atoms with Crippen LogP contribution < -0.4 is 0 Å². The lowest BCUT2D eigenvalue weighted by Crippen LogP contribution is -2.33. The number of halogens is 1. The van der Waals surface area contributed by atoms with E-state index in [0.29, 0.717) is 6.54 Å². The second kappa shape index (κ2) is 6.24. The van der Waals surface area contributed by atoms with Crippen molar-refractivity contribution in [2.45, 2.75) is 38.8 Å². The van der Waals surface area contributed by atoms with E-state index in [1.165, 1.54) is 6.07 Å². The lowest BCUT2D eigenvalue weighted by molar-refractivity contribution is 0.134. The Kier molecular flexibility index (Phi) is 4.16. The summed E-state index contributed by atoms with van der Waals surface area (Å²) in [5.41, 5.74) is 0.958. The van der Waals surface area contributed by atoms with Gasteiger partial charge in [0.25, 0.3) is 0 Å². The van der Waals surface area contributed by atoms with Crippen molar-refractivity contribution in [2.75, 3.05) is 6.54 Å². The number of likely N-dealkylation sites (tertiary alicyclic amines) is 1. The number of benzene rings is 1. The summed E-state index contributed by atoms with van der Waals surface area (Å²) in [5.74, 6) is 1.17. The second-order valence-electron chi connectivity index (χ2n) is 5.69. The average molecular weight is 299 g/mol.